The molecular formula is C48H79N3O16P2. The van der Waals surface area contributed by atoms with Gasteiger partial charge in [-0.1, -0.05) is 120 Å². The average Bonchev–Trinajstić information content (AvgIpc) is 3.99. The zero-order chi connectivity index (χ0) is 50.3. The predicted molar refractivity (Wildman–Crippen MR) is 260 cm³/mol. The summed E-state index contributed by atoms with van der Waals surface area (Å²) in [6.45, 7) is 1.96. The SMILES string of the molecule is CC/C=C\C/C=C\C/C=C\CCCCCCCC(=O)O[C@H](COC(=O)CCCCCCCC1OC1C/C=C\CCCCC)COP(=O)(O)OP(=O)(O)OC[C@H]1O[C@@H](n2ccc(N)nc2=O)[C@H](O)[C@@H]1O. The zero-order valence-corrected chi connectivity index (χ0v) is 42.3. The van der Waals surface area contributed by atoms with Crippen LogP contribution in [0.4, 0.5) is 5.82 Å². The van der Waals surface area contributed by atoms with Crippen molar-refractivity contribution in [3.63, 3.8) is 0 Å². The smallest absolute Gasteiger partial charge is 0.462 e. The predicted octanol–water partition coefficient (Wildman–Crippen LogP) is 8.76. The molecule has 1 aromatic heterocycles. The summed E-state index contributed by atoms with van der Waals surface area (Å²) >= 11 is 0. The van der Waals surface area contributed by atoms with Gasteiger partial charge in [-0.25, -0.2) is 13.9 Å². The van der Waals surface area contributed by atoms with Gasteiger partial charge in [0.25, 0.3) is 0 Å². The number of allylic oxidation sites excluding steroid dienone is 7. The van der Waals surface area contributed by atoms with Crippen molar-refractivity contribution in [2.45, 2.75) is 198 Å². The van der Waals surface area contributed by atoms with E-state index in [1.54, 1.807) is 0 Å². The van der Waals surface area contributed by atoms with Crippen LogP contribution in [0.15, 0.2) is 65.7 Å². The summed E-state index contributed by atoms with van der Waals surface area (Å²) in [5.74, 6) is -1.34. The summed E-state index contributed by atoms with van der Waals surface area (Å²) < 4.78 is 62.5. The third-order valence-corrected chi connectivity index (χ3v) is 13.9. The maximum Gasteiger partial charge on any atom is 0.481 e. The number of esters is 2. The lowest BCUT2D eigenvalue weighted by Gasteiger charge is -2.21. The second kappa shape index (κ2) is 34.1. The second-order valence-electron chi connectivity index (χ2n) is 17.3. The number of nitrogens with zero attached hydrogens (tertiary/aromatic N) is 2. The Bertz CT molecular complexity index is 1910. The maximum atomic E-state index is 12.9. The first kappa shape index (κ1) is 60.0. The highest BCUT2D eigenvalue weighted by Crippen LogP contribution is 2.60. The summed E-state index contributed by atoms with van der Waals surface area (Å²) in [4.78, 5) is 61.9. The number of rotatable bonds is 39. The lowest BCUT2D eigenvalue weighted by molar-refractivity contribution is -0.161. The van der Waals surface area contributed by atoms with Crippen LogP contribution in [0.2, 0.25) is 0 Å². The molecule has 2 aliphatic heterocycles. The lowest BCUT2D eigenvalue weighted by atomic mass is 10.1. The molecule has 0 aliphatic carbocycles. The van der Waals surface area contributed by atoms with Crippen LogP contribution in [-0.2, 0) is 51.0 Å². The van der Waals surface area contributed by atoms with E-state index >= 15 is 0 Å². The number of phosphoric ester groups is 2. The Kier molecular flexibility index (Phi) is 29.7. The number of unbranched alkanes of at least 4 members (excludes halogenated alkanes) is 12. The molecule has 2 fully saturated rings. The standard InChI is InChI=1S/C48H79N3O16P2/c1-3-5-7-9-11-12-13-14-15-16-17-18-19-23-28-32-44(53)64-38(35-61-43(52)31-27-24-20-22-26-30-40-39(65-40)29-25-21-10-8-6-4-2)36-62-68(57,58)67-69(59,60)63-37-41-45(54)46(55)47(66-41)51-34-33-42(49)50-48(51)56/h5,7,11-12,14-15,21,25,33-34,38-41,45-47,54-55H,3-4,6,8-10,13,16-20,22-24,26-32,35-37H2,1-2H3,(H,57,58)(H,59,60)(H2,49,50,56)/b7-5-,12-11-,15-14-,25-21-/t38-,39?,40?,41-,45-,46-,47-/m1/s1. The number of aliphatic hydroxyl groups excluding tert-OH is 2. The van der Waals surface area contributed by atoms with E-state index < -0.39 is 83.7 Å². The van der Waals surface area contributed by atoms with Crippen molar-refractivity contribution >= 4 is 33.4 Å². The summed E-state index contributed by atoms with van der Waals surface area (Å²) in [6, 6.07) is 1.24. The first-order valence-corrected chi connectivity index (χ1v) is 27.8. The Balaban J connectivity index is 1.41. The molecule has 392 valence electrons. The molecule has 0 spiro atoms. The number of hydrogen-bond donors (Lipinski definition) is 5. The van der Waals surface area contributed by atoms with Gasteiger partial charge in [0.2, 0.25) is 0 Å². The monoisotopic (exact) mass is 1020 g/mol. The number of aromatic nitrogens is 2. The highest BCUT2D eigenvalue weighted by atomic mass is 31.3. The lowest BCUT2D eigenvalue weighted by Crippen LogP contribution is -2.36. The van der Waals surface area contributed by atoms with Gasteiger partial charge < -0.3 is 44.7 Å². The van der Waals surface area contributed by atoms with E-state index in [9.17, 15) is 43.5 Å². The van der Waals surface area contributed by atoms with Gasteiger partial charge in [0, 0.05) is 19.0 Å². The molecule has 21 heteroatoms. The van der Waals surface area contributed by atoms with E-state index in [2.05, 4.69) is 71.8 Å². The molecule has 0 saturated carbocycles. The number of aliphatic hydroxyl groups is 2. The van der Waals surface area contributed by atoms with E-state index in [0.717, 1.165) is 107 Å². The molecule has 9 atom stereocenters. The quantitative estimate of drug-likeness (QED) is 0.0135. The van der Waals surface area contributed by atoms with E-state index in [1.165, 1.54) is 25.3 Å². The Morgan fingerprint density at radius 3 is 2.04 bits per heavy atom. The number of epoxide rings is 1. The molecule has 0 aromatic carbocycles. The first-order chi connectivity index (χ1) is 33.1. The molecule has 2 aliphatic rings. The maximum absolute atomic E-state index is 12.9. The molecule has 0 amide bonds. The number of hydrogen-bond acceptors (Lipinski definition) is 16. The number of phosphoric acid groups is 2. The van der Waals surface area contributed by atoms with Crippen molar-refractivity contribution in [3.8, 4) is 0 Å². The van der Waals surface area contributed by atoms with Gasteiger partial charge in [-0.2, -0.15) is 9.29 Å². The van der Waals surface area contributed by atoms with Crippen molar-refractivity contribution in [3.05, 3.63) is 71.4 Å². The summed E-state index contributed by atoms with van der Waals surface area (Å²) in [6.07, 6.45) is 30.7. The number of carbonyl (C=O) groups is 2. The Morgan fingerprint density at radius 1 is 0.739 bits per heavy atom. The van der Waals surface area contributed by atoms with Crippen LogP contribution >= 0.6 is 15.6 Å². The molecule has 19 nitrogen and oxygen atoms in total. The Labute approximate surface area is 407 Å². The number of carbonyl (C=O) groups excluding carboxylic acids is 2. The highest BCUT2D eigenvalue weighted by molar-refractivity contribution is 7.61. The van der Waals surface area contributed by atoms with Crippen LogP contribution in [0.1, 0.15) is 161 Å². The van der Waals surface area contributed by atoms with E-state index in [-0.39, 0.29) is 18.7 Å². The van der Waals surface area contributed by atoms with Gasteiger partial charge in [0.1, 0.15) is 30.7 Å². The van der Waals surface area contributed by atoms with E-state index in [0.29, 0.717) is 25.0 Å². The molecule has 3 rings (SSSR count). The molecule has 3 heterocycles. The molecule has 0 bridgehead atoms. The topological polar surface area (TPSA) is 278 Å². The number of nitrogen functional groups attached to an aromatic ring is 1. The zero-order valence-electron chi connectivity index (χ0n) is 40.5. The van der Waals surface area contributed by atoms with Crippen molar-refractivity contribution in [2.75, 3.05) is 25.6 Å². The molecule has 6 N–H and O–H groups in total. The minimum atomic E-state index is -5.43. The van der Waals surface area contributed by atoms with Crippen molar-refractivity contribution in [1.82, 2.24) is 9.55 Å². The van der Waals surface area contributed by atoms with Crippen LogP contribution < -0.4 is 11.4 Å². The van der Waals surface area contributed by atoms with Gasteiger partial charge in [-0.15, -0.1) is 0 Å². The highest BCUT2D eigenvalue weighted by Gasteiger charge is 2.46. The van der Waals surface area contributed by atoms with E-state index in [1.807, 2.05) is 0 Å². The fourth-order valence-electron chi connectivity index (χ4n) is 7.39. The van der Waals surface area contributed by atoms with Gasteiger partial charge in [0.15, 0.2) is 12.3 Å². The molecule has 0 radical (unpaired) electrons. The number of anilines is 1. The van der Waals surface area contributed by atoms with Crippen molar-refractivity contribution in [2.24, 2.45) is 0 Å². The molecular weight excluding hydrogens is 936 g/mol. The second-order valence-corrected chi connectivity index (χ2v) is 20.4. The number of nitrogens with two attached hydrogens (primary N) is 1. The van der Waals surface area contributed by atoms with Crippen LogP contribution in [0.25, 0.3) is 0 Å². The minimum Gasteiger partial charge on any atom is -0.462 e. The molecule has 1 aromatic rings. The largest absolute Gasteiger partial charge is 0.481 e. The molecule has 69 heavy (non-hydrogen) atoms. The first-order valence-electron chi connectivity index (χ1n) is 24.8. The summed E-state index contributed by atoms with van der Waals surface area (Å²) in [7, 11) is -10.9. The Hall–Kier alpha value is -3.32. The van der Waals surface area contributed by atoms with Gasteiger partial charge >= 0.3 is 33.3 Å². The summed E-state index contributed by atoms with van der Waals surface area (Å²) in [5, 5.41) is 20.9. The minimum absolute atomic E-state index is 0.0227. The average molecular weight is 1020 g/mol. The fraction of sp³-hybridized carbons (Fsp3) is 0.708. The van der Waals surface area contributed by atoms with E-state index in [4.69, 9.17) is 33.7 Å². The van der Waals surface area contributed by atoms with Crippen LogP contribution in [0.5, 0.6) is 0 Å². The normalized spacial score (nSPS) is 22.7. The van der Waals surface area contributed by atoms with Crippen LogP contribution in [0.3, 0.4) is 0 Å². The number of ether oxygens (including phenoxy) is 4. The summed E-state index contributed by atoms with van der Waals surface area (Å²) in [5.41, 5.74) is 4.58. The van der Waals surface area contributed by atoms with Crippen LogP contribution in [-0.4, -0.2) is 97.9 Å². The third kappa shape index (κ3) is 26.6. The molecule has 4 unspecified atom stereocenters. The van der Waals surface area contributed by atoms with Crippen LogP contribution in [0, 0.1) is 0 Å². The third-order valence-electron chi connectivity index (χ3n) is 11.3. The van der Waals surface area contributed by atoms with Crippen molar-refractivity contribution < 1.29 is 71.0 Å². The van der Waals surface area contributed by atoms with Gasteiger partial charge in [-0.3, -0.25) is 23.2 Å². The molecule has 2 saturated heterocycles. The van der Waals surface area contributed by atoms with Gasteiger partial charge in [0.05, 0.1) is 25.4 Å². The van der Waals surface area contributed by atoms with Crippen molar-refractivity contribution in [1.29, 1.82) is 0 Å². The fourth-order valence-corrected chi connectivity index (χ4v) is 9.50. The van der Waals surface area contributed by atoms with Gasteiger partial charge in [-0.05, 0) is 76.7 Å². The Morgan fingerprint density at radius 2 is 1.35 bits per heavy atom.